The predicted molar refractivity (Wildman–Crippen MR) is 90.1 cm³/mol. The van der Waals surface area contributed by atoms with Crippen LogP contribution in [0.5, 0.6) is 0 Å². The second kappa shape index (κ2) is 8.14. The normalized spacial score (nSPS) is 14.3. The van der Waals surface area contributed by atoms with Gasteiger partial charge in [-0.2, -0.15) is 5.10 Å². The van der Waals surface area contributed by atoms with Gasteiger partial charge in [-0.3, -0.25) is 9.67 Å². The van der Waals surface area contributed by atoms with Gasteiger partial charge >= 0.3 is 0 Å². The van der Waals surface area contributed by atoms with E-state index in [1.54, 1.807) is 14.2 Å². The molecule has 0 bridgehead atoms. The number of aliphatic imine (C=N–C) groups is 1. The highest BCUT2D eigenvalue weighted by Crippen LogP contribution is 2.16. The fourth-order valence-electron chi connectivity index (χ4n) is 1.99. The molecule has 0 aromatic carbocycles. The van der Waals surface area contributed by atoms with Crippen LogP contribution in [0, 0.1) is 0 Å². The Hall–Kier alpha value is -1.60. The average Bonchev–Trinajstić information content (AvgIpc) is 2.88. The highest BCUT2D eigenvalue weighted by atomic mass is 16.5. The van der Waals surface area contributed by atoms with E-state index in [1.165, 1.54) is 5.56 Å². The molecule has 1 unspecified atom stereocenters. The van der Waals surface area contributed by atoms with Crippen molar-refractivity contribution in [3.63, 3.8) is 0 Å². The van der Waals surface area contributed by atoms with E-state index in [0.29, 0.717) is 6.54 Å². The average molecular weight is 310 g/mol. The summed E-state index contributed by atoms with van der Waals surface area (Å²) in [6.07, 6.45) is 3.94. The third kappa shape index (κ3) is 5.65. The summed E-state index contributed by atoms with van der Waals surface area (Å²) in [7, 11) is 9.52. The van der Waals surface area contributed by atoms with Gasteiger partial charge in [0.25, 0.3) is 0 Å². The van der Waals surface area contributed by atoms with Crippen molar-refractivity contribution in [1.29, 1.82) is 0 Å². The Morgan fingerprint density at radius 3 is 2.59 bits per heavy atom. The SMILES string of the molecule is CN=C(NCC(c1cnn(C)c1)N(C)C)NCC(C)(C)OC. The molecule has 0 saturated carbocycles. The molecule has 0 radical (unpaired) electrons. The van der Waals surface area contributed by atoms with Crippen molar-refractivity contribution in [1.82, 2.24) is 25.3 Å². The molecule has 0 fully saturated rings. The smallest absolute Gasteiger partial charge is 0.191 e. The highest BCUT2D eigenvalue weighted by Gasteiger charge is 2.18. The van der Waals surface area contributed by atoms with Crippen molar-refractivity contribution in [2.75, 3.05) is 41.3 Å². The zero-order valence-corrected chi connectivity index (χ0v) is 14.8. The Morgan fingerprint density at radius 1 is 1.45 bits per heavy atom. The Balaban J connectivity index is 2.60. The lowest BCUT2D eigenvalue weighted by Crippen LogP contribution is -2.47. The highest BCUT2D eigenvalue weighted by molar-refractivity contribution is 5.79. The zero-order chi connectivity index (χ0) is 16.8. The predicted octanol–water partition coefficient (Wildman–Crippen LogP) is 0.613. The van der Waals surface area contributed by atoms with Crippen molar-refractivity contribution in [2.24, 2.45) is 12.0 Å². The summed E-state index contributed by atoms with van der Waals surface area (Å²) in [4.78, 5) is 6.42. The van der Waals surface area contributed by atoms with Crippen LogP contribution < -0.4 is 10.6 Å². The number of ether oxygens (including phenoxy) is 1. The van der Waals surface area contributed by atoms with Gasteiger partial charge in [-0.15, -0.1) is 0 Å². The third-order valence-corrected chi connectivity index (χ3v) is 3.65. The van der Waals surface area contributed by atoms with Gasteiger partial charge in [0.05, 0.1) is 17.8 Å². The van der Waals surface area contributed by atoms with Crippen LogP contribution in [-0.2, 0) is 11.8 Å². The number of nitrogens with zero attached hydrogens (tertiary/aromatic N) is 4. The fourth-order valence-corrected chi connectivity index (χ4v) is 1.99. The van der Waals surface area contributed by atoms with E-state index in [9.17, 15) is 0 Å². The summed E-state index contributed by atoms with van der Waals surface area (Å²) in [5.41, 5.74) is 0.940. The zero-order valence-electron chi connectivity index (χ0n) is 14.8. The largest absolute Gasteiger partial charge is 0.377 e. The molecule has 0 spiro atoms. The Labute approximate surface area is 133 Å². The Kier molecular flexibility index (Phi) is 6.83. The molecule has 0 aliphatic carbocycles. The number of aryl methyl sites for hydroxylation is 1. The van der Waals surface area contributed by atoms with Crippen LogP contribution in [0.25, 0.3) is 0 Å². The van der Waals surface area contributed by atoms with Gasteiger partial charge < -0.3 is 20.3 Å². The monoisotopic (exact) mass is 310 g/mol. The summed E-state index contributed by atoms with van der Waals surface area (Å²) < 4.78 is 7.22. The van der Waals surface area contributed by atoms with Crippen LogP contribution in [0.2, 0.25) is 0 Å². The van der Waals surface area contributed by atoms with Crippen LogP contribution in [-0.4, -0.2) is 67.6 Å². The first-order chi connectivity index (χ1) is 10.3. The van der Waals surface area contributed by atoms with E-state index in [4.69, 9.17) is 4.74 Å². The number of nitrogens with one attached hydrogen (secondary N) is 2. The number of methoxy groups -OCH3 is 1. The second-order valence-corrected chi connectivity index (χ2v) is 6.20. The van der Waals surface area contributed by atoms with Gasteiger partial charge in [-0.25, -0.2) is 0 Å². The molecule has 1 aromatic heterocycles. The molecule has 22 heavy (non-hydrogen) atoms. The molecule has 2 N–H and O–H groups in total. The van der Waals surface area contributed by atoms with Gasteiger partial charge in [0.2, 0.25) is 0 Å². The molecule has 1 atom stereocenters. The molecule has 1 rings (SSSR count). The van der Waals surface area contributed by atoms with Crippen LogP contribution in [0.15, 0.2) is 17.4 Å². The maximum Gasteiger partial charge on any atom is 0.191 e. The molecule has 0 saturated heterocycles. The Morgan fingerprint density at radius 2 is 2.14 bits per heavy atom. The first-order valence-electron chi connectivity index (χ1n) is 7.43. The quantitative estimate of drug-likeness (QED) is 0.571. The molecule has 0 amide bonds. The lowest BCUT2D eigenvalue weighted by molar-refractivity contribution is 0.0268. The van der Waals surface area contributed by atoms with E-state index in [0.717, 1.165) is 12.5 Å². The van der Waals surface area contributed by atoms with Gasteiger partial charge in [-0.05, 0) is 27.9 Å². The molecular weight excluding hydrogens is 280 g/mol. The van der Waals surface area contributed by atoms with Crippen molar-refractivity contribution in [3.05, 3.63) is 18.0 Å². The number of likely N-dealkylation sites (N-methyl/N-ethyl adjacent to an activating group) is 1. The molecule has 1 aromatic rings. The van der Waals surface area contributed by atoms with E-state index >= 15 is 0 Å². The van der Waals surface area contributed by atoms with Gasteiger partial charge in [-0.1, -0.05) is 0 Å². The molecule has 7 nitrogen and oxygen atoms in total. The number of rotatable bonds is 7. The van der Waals surface area contributed by atoms with Crippen molar-refractivity contribution in [2.45, 2.75) is 25.5 Å². The van der Waals surface area contributed by atoms with E-state index in [-0.39, 0.29) is 11.6 Å². The standard InChI is InChI=1S/C15H30N6O/c1-15(2,22-7)11-18-14(16-3)17-9-13(20(4)5)12-8-19-21(6)10-12/h8,10,13H,9,11H2,1-7H3,(H2,16,17,18). The summed E-state index contributed by atoms with van der Waals surface area (Å²) >= 11 is 0. The van der Waals surface area contributed by atoms with E-state index < -0.39 is 0 Å². The van der Waals surface area contributed by atoms with Crippen LogP contribution >= 0.6 is 0 Å². The summed E-state index contributed by atoms with van der Waals surface area (Å²) in [5, 5.41) is 10.9. The summed E-state index contributed by atoms with van der Waals surface area (Å²) in [5.74, 6) is 0.765. The van der Waals surface area contributed by atoms with E-state index in [1.807, 2.05) is 38.0 Å². The van der Waals surface area contributed by atoms with Crippen molar-refractivity contribution >= 4 is 5.96 Å². The molecule has 1 heterocycles. The lowest BCUT2D eigenvalue weighted by Gasteiger charge is -2.27. The molecule has 0 aliphatic rings. The van der Waals surface area contributed by atoms with Crippen LogP contribution in [0.1, 0.15) is 25.5 Å². The summed E-state index contributed by atoms with van der Waals surface area (Å²) in [6, 6.07) is 0.225. The van der Waals surface area contributed by atoms with Crippen LogP contribution in [0.4, 0.5) is 0 Å². The first-order valence-corrected chi connectivity index (χ1v) is 7.43. The van der Waals surface area contributed by atoms with E-state index in [2.05, 4.69) is 39.7 Å². The second-order valence-electron chi connectivity index (χ2n) is 6.20. The minimum Gasteiger partial charge on any atom is -0.377 e. The molecule has 0 aliphatic heterocycles. The molecule has 7 heteroatoms. The number of aromatic nitrogens is 2. The minimum absolute atomic E-state index is 0.225. The topological polar surface area (TPSA) is 66.7 Å². The fraction of sp³-hybridized carbons (Fsp3) is 0.733. The lowest BCUT2D eigenvalue weighted by atomic mass is 10.1. The minimum atomic E-state index is -0.234. The first kappa shape index (κ1) is 18.4. The van der Waals surface area contributed by atoms with Crippen molar-refractivity contribution < 1.29 is 4.74 Å². The number of guanidine groups is 1. The van der Waals surface area contributed by atoms with Gasteiger partial charge in [0.15, 0.2) is 5.96 Å². The maximum atomic E-state index is 5.40. The molecular formula is C15H30N6O. The Bertz CT molecular complexity index is 480. The molecule has 126 valence electrons. The number of hydrogen-bond acceptors (Lipinski definition) is 4. The van der Waals surface area contributed by atoms with Crippen LogP contribution in [0.3, 0.4) is 0 Å². The van der Waals surface area contributed by atoms with Crippen molar-refractivity contribution in [3.8, 4) is 0 Å². The van der Waals surface area contributed by atoms with Gasteiger partial charge in [0, 0.05) is 46.1 Å². The number of hydrogen-bond donors (Lipinski definition) is 2. The maximum absolute atomic E-state index is 5.40. The third-order valence-electron chi connectivity index (χ3n) is 3.65. The summed E-state index contributed by atoms with van der Waals surface area (Å²) in [6.45, 7) is 5.49. The van der Waals surface area contributed by atoms with Gasteiger partial charge in [0.1, 0.15) is 0 Å².